The lowest BCUT2D eigenvalue weighted by atomic mass is 10.2. The zero-order valence-corrected chi connectivity index (χ0v) is 14.2. The Kier molecular flexibility index (Phi) is 6.64. The summed E-state index contributed by atoms with van der Waals surface area (Å²) in [5, 5.41) is 1.95. The Morgan fingerprint density at radius 2 is 1.82 bits per heavy atom. The maximum atomic E-state index is 5.85. The molecule has 5 nitrogen and oxygen atoms in total. The van der Waals surface area contributed by atoms with Gasteiger partial charge in [-0.2, -0.15) is 0 Å². The standard InChI is InChI=1S/C17H29N3O2/c1-14-12-20(13-15(2)22-14)9-10-21-17-7-5-16(6-8-17)11-18-19(3)4/h5-8,14-15,18H,9-13H2,1-4H3/t14-,15-/m1/s1. The molecule has 1 aliphatic rings. The Bertz CT molecular complexity index is 426. The molecule has 0 aromatic heterocycles. The van der Waals surface area contributed by atoms with Crippen LogP contribution >= 0.6 is 0 Å². The Hall–Kier alpha value is -1.14. The molecule has 1 heterocycles. The molecule has 0 radical (unpaired) electrons. The van der Waals surface area contributed by atoms with Crippen molar-refractivity contribution in [3.05, 3.63) is 29.8 Å². The minimum absolute atomic E-state index is 0.312. The van der Waals surface area contributed by atoms with Gasteiger partial charge in [0.1, 0.15) is 12.4 Å². The summed E-state index contributed by atoms with van der Waals surface area (Å²) in [6.07, 6.45) is 0.625. The van der Waals surface area contributed by atoms with Crippen molar-refractivity contribution < 1.29 is 9.47 Å². The third-order valence-electron chi connectivity index (χ3n) is 3.69. The van der Waals surface area contributed by atoms with Gasteiger partial charge in [0.25, 0.3) is 0 Å². The summed E-state index contributed by atoms with van der Waals surface area (Å²) < 4.78 is 11.6. The van der Waals surface area contributed by atoms with Crippen LogP contribution in [0.15, 0.2) is 24.3 Å². The van der Waals surface area contributed by atoms with Gasteiger partial charge in [0.05, 0.1) is 12.2 Å². The first-order chi connectivity index (χ1) is 10.5. The molecule has 124 valence electrons. The Morgan fingerprint density at radius 1 is 1.18 bits per heavy atom. The van der Waals surface area contributed by atoms with Crippen LogP contribution in [-0.2, 0) is 11.3 Å². The summed E-state index contributed by atoms with van der Waals surface area (Å²) in [5.74, 6) is 0.933. The Balaban J connectivity index is 1.70. The van der Waals surface area contributed by atoms with Crippen molar-refractivity contribution in [1.29, 1.82) is 0 Å². The number of hydrogen-bond donors (Lipinski definition) is 1. The average molecular weight is 307 g/mol. The first kappa shape index (κ1) is 17.2. The van der Waals surface area contributed by atoms with E-state index in [2.05, 4.69) is 36.3 Å². The molecule has 5 heteroatoms. The first-order valence-electron chi connectivity index (χ1n) is 8.03. The van der Waals surface area contributed by atoms with E-state index in [4.69, 9.17) is 9.47 Å². The van der Waals surface area contributed by atoms with E-state index in [0.717, 1.165) is 31.9 Å². The van der Waals surface area contributed by atoms with Crippen LogP contribution in [0.4, 0.5) is 0 Å². The lowest BCUT2D eigenvalue weighted by Gasteiger charge is -2.35. The highest BCUT2D eigenvalue weighted by Gasteiger charge is 2.21. The SMILES string of the molecule is C[C@@H]1CN(CCOc2ccc(CNN(C)C)cc2)C[C@@H](C)O1. The predicted molar refractivity (Wildman–Crippen MR) is 88.9 cm³/mol. The van der Waals surface area contributed by atoms with Gasteiger partial charge >= 0.3 is 0 Å². The van der Waals surface area contributed by atoms with Crippen molar-refractivity contribution in [1.82, 2.24) is 15.3 Å². The number of nitrogens with one attached hydrogen (secondary N) is 1. The second-order valence-corrected chi connectivity index (χ2v) is 6.24. The maximum Gasteiger partial charge on any atom is 0.119 e. The molecule has 1 N–H and O–H groups in total. The molecule has 2 atom stereocenters. The van der Waals surface area contributed by atoms with Crippen molar-refractivity contribution in [3.8, 4) is 5.75 Å². The molecule has 22 heavy (non-hydrogen) atoms. The highest BCUT2D eigenvalue weighted by Crippen LogP contribution is 2.13. The first-order valence-corrected chi connectivity index (χ1v) is 8.03. The van der Waals surface area contributed by atoms with E-state index < -0.39 is 0 Å². The average Bonchev–Trinajstić information content (AvgIpc) is 2.45. The summed E-state index contributed by atoms with van der Waals surface area (Å²) in [7, 11) is 3.98. The van der Waals surface area contributed by atoms with Crippen LogP contribution in [0.25, 0.3) is 0 Å². The van der Waals surface area contributed by atoms with Gasteiger partial charge in [-0.05, 0) is 31.5 Å². The highest BCUT2D eigenvalue weighted by molar-refractivity contribution is 5.27. The van der Waals surface area contributed by atoms with E-state index in [1.54, 1.807) is 0 Å². The molecule has 0 spiro atoms. The number of ether oxygens (including phenoxy) is 2. The number of nitrogens with zero attached hydrogens (tertiary/aromatic N) is 2. The van der Waals surface area contributed by atoms with Crippen molar-refractivity contribution in [2.45, 2.75) is 32.6 Å². The Labute approximate surface area is 134 Å². The van der Waals surface area contributed by atoms with E-state index in [9.17, 15) is 0 Å². The highest BCUT2D eigenvalue weighted by atomic mass is 16.5. The van der Waals surface area contributed by atoms with Gasteiger partial charge < -0.3 is 9.47 Å². The fraction of sp³-hybridized carbons (Fsp3) is 0.647. The number of morpholine rings is 1. The van der Waals surface area contributed by atoms with Crippen molar-refractivity contribution in [2.24, 2.45) is 0 Å². The van der Waals surface area contributed by atoms with Crippen LogP contribution in [-0.4, -0.2) is 62.5 Å². The van der Waals surface area contributed by atoms with Crippen LogP contribution in [0, 0.1) is 0 Å². The lowest BCUT2D eigenvalue weighted by molar-refractivity contribution is -0.0699. The third-order valence-corrected chi connectivity index (χ3v) is 3.69. The van der Waals surface area contributed by atoms with Crippen molar-refractivity contribution in [3.63, 3.8) is 0 Å². The molecule has 1 aromatic rings. The van der Waals surface area contributed by atoms with Crippen LogP contribution < -0.4 is 10.2 Å². The molecule has 0 aliphatic carbocycles. The van der Waals surface area contributed by atoms with Crippen LogP contribution in [0.2, 0.25) is 0 Å². The number of hydrazine groups is 1. The van der Waals surface area contributed by atoms with E-state index in [-0.39, 0.29) is 0 Å². The number of benzene rings is 1. The Morgan fingerprint density at radius 3 is 2.41 bits per heavy atom. The lowest BCUT2D eigenvalue weighted by Crippen LogP contribution is -2.46. The van der Waals surface area contributed by atoms with Crippen molar-refractivity contribution in [2.75, 3.05) is 40.3 Å². The van der Waals surface area contributed by atoms with Gasteiger partial charge in [-0.3, -0.25) is 15.3 Å². The third kappa shape index (κ3) is 5.93. The van der Waals surface area contributed by atoms with E-state index in [0.29, 0.717) is 18.8 Å². The maximum absolute atomic E-state index is 5.85. The summed E-state index contributed by atoms with van der Waals surface area (Å²) >= 11 is 0. The predicted octanol–water partition coefficient (Wildman–Crippen LogP) is 1.74. The van der Waals surface area contributed by atoms with Gasteiger partial charge in [0, 0.05) is 40.3 Å². The quantitative estimate of drug-likeness (QED) is 0.777. The van der Waals surface area contributed by atoms with Crippen LogP contribution in [0.5, 0.6) is 5.75 Å². The molecule has 0 unspecified atom stereocenters. The smallest absolute Gasteiger partial charge is 0.119 e. The fourth-order valence-corrected chi connectivity index (χ4v) is 2.71. The second-order valence-electron chi connectivity index (χ2n) is 6.24. The summed E-state index contributed by atoms with van der Waals surface area (Å²) in [5.41, 5.74) is 4.50. The monoisotopic (exact) mass is 307 g/mol. The zero-order chi connectivity index (χ0) is 15.9. The number of hydrogen-bond acceptors (Lipinski definition) is 5. The summed E-state index contributed by atoms with van der Waals surface area (Å²) in [6.45, 7) is 8.73. The number of rotatable bonds is 7. The molecule has 1 fully saturated rings. The van der Waals surface area contributed by atoms with Gasteiger partial charge in [0.2, 0.25) is 0 Å². The molecule has 1 aliphatic heterocycles. The summed E-state index contributed by atoms with van der Waals surface area (Å²) in [6, 6.07) is 8.28. The van der Waals surface area contributed by atoms with Crippen LogP contribution in [0.3, 0.4) is 0 Å². The minimum Gasteiger partial charge on any atom is -0.492 e. The zero-order valence-electron chi connectivity index (χ0n) is 14.2. The largest absolute Gasteiger partial charge is 0.492 e. The molecular weight excluding hydrogens is 278 g/mol. The molecular formula is C17H29N3O2. The molecule has 1 saturated heterocycles. The topological polar surface area (TPSA) is 37.0 Å². The molecule has 0 saturated carbocycles. The molecule has 1 aromatic carbocycles. The van der Waals surface area contributed by atoms with E-state index in [1.807, 2.05) is 31.2 Å². The van der Waals surface area contributed by atoms with E-state index in [1.165, 1.54) is 5.56 Å². The molecule has 2 rings (SSSR count). The van der Waals surface area contributed by atoms with Gasteiger partial charge in [0.15, 0.2) is 0 Å². The van der Waals surface area contributed by atoms with Gasteiger partial charge in [-0.15, -0.1) is 0 Å². The minimum atomic E-state index is 0.312. The van der Waals surface area contributed by atoms with Crippen LogP contribution in [0.1, 0.15) is 19.4 Å². The molecule has 0 amide bonds. The fourth-order valence-electron chi connectivity index (χ4n) is 2.71. The van der Waals surface area contributed by atoms with Gasteiger partial charge in [-0.25, -0.2) is 0 Å². The van der Waals surface area contributed by atoms with Gasteiger partial charge in [-0.1, -0.05) is 12.1 Å². The van der Waals surface area contributed by atoms with Crippen molar-refractivity contribution >= 4 is 0 Å². The summed E-state index contributed by atoms with van der Waals surface area (Å²) in [4.78, 5) is 2.41. The normalized spacial score (nSPS) is 23.0. The second kappa shape index (κ2) is 8.48. The van der Waals surface area contributed by atoms with E-state index >= 15 is 0 Å². The molecule has 0 bridgehead atoms.